The zero-order chi connectivity index (χ0) is 22.1. The normalized spacial score (nSPS) is 19.6. The van der Waals surface area contributed by atoms with Gasteiger partial charge in [-0.3, -0.25) is 19.2 Å². The second kappa shape index (κ2) is 8.70. The Balaban J connectivity index is 1.33. The molecule has 5 rings (SSSR count). The number of hydrogen-bond acceptors (Lipinski definition) is 6. The molecule has 168 valence electrons. The first kappa shape index (κ1) is 20.6. The van der Waals surface area contributed by atoms with Crippen molar-refractivity contribution in [2.75, 3.05) is 18.4 Å². The third-order valence-corrected chi connectivity index (χ3v) is 6.40. The molecule has 2 aliphatic rings. The molecule has 0 unspecified atom stereocenters. The van der Waals surface area contributed by atoms with Gasteiger partial charge in [0, 0.05) is 31.5 Å². The standard InChI is InChI=1S/C22H28N8O2/c1-28-12-9-19(27-28)26-20(31)14-29-11-4-7-17(29)18-8-10-23-21-16(13-24-30(18)21)22(32)25-15-5-2-3-6-15/h8-10,12-13,15,17H,2-7,11,14H2,1H3,(H,25,32)(H,26,27,31)/t17-/m0/s1. The molecule has 4 heterocycles. The van der Waals surface area contributed by atoms with Crippen molar-refractivity contribution in [3.63, 3.8) is 0 Å². The summed E-state index contributed by atoms with van der Waals surface area (Å²) in [6.45, 7) is 1.09. The van der Waals surface area contributed by atoms with Gasteiger partial charge in [0.2, 0.25) is 5.91 Å². The first-order chi connectivity index (χ1) is 15.6. The van der Waals surface area contributed by atoms with E-state index in [1.165, 1.54) is 0 Å². The summed E-state index contributed by atoms with van der Waals surface area (Å²) < 4.78 is 3.41. The Bertz CT molecular complexity index is 1130. The molecule has 1 saturated carbocycles. The Morgan fingerprint density at radius 1 is 1.16 bits per heavy atom. The van der Waals surface area contributed by atoms with Crippen LogP contribution in [-0.2, 0) is 11.8 Å². The topological polar surface area (TPSA) is 109 Å². The van der Waals surface area contributed by atoms with Crippen molar-refractivity contribution in [1.29, 1.82) is 0 Å². The van der Waals surface area contributed by atoms with Gasteiger partial charge >= 0.3 is 0 Å². The predicted molar refractivity (Wildman–Crippen MR) is 118 cm³/mol. The molecule has 0 radical (unpaired) electrons. The van der Waals surface area contributed by atoms with Crippen LogP contribution in [0.1, 0.15) is 60.6 Å². The van der Waals surface area contributed by atoms with Gasteiger partial charge in [0.05, 0.1) is 24.5 Å². The number of anilines is 1. The number of aromatic nitrogens is 5. The minimum atomic E-state index is -0.116. The molecule has 1 aliphatic heterocycles. The number of likely N-dealkylation sites (tertiary alicyclic amines) is 1. The fourth-order valence-electron chi connectivity index (χ4n) is 4.85. The monoisotopic (exact) mass is 436 g/mol. The summed E-state index contributed by atoms with van der Waals surface area (Å²) in [4.78, 5) is 32.0. The maximum atomic E-state index is 12.8. The highest BCUT2D eigenvalue weighted by Crippen LogP contribution is 2.32. The van der Waals surface area contributed by atoms with E-state index < -0.39 is 0 Å². The summed E-state index contributed by atoms with van der Waals surface area (Å²) in [6, 6.07) is 3.97. The van der Waals surface area contributed by atoms with Crippen molar-refractivity contribution in [3.8, 4) is 0 Å². The lowest BCUT2D eigenvalue weighted by Crippen LogP contribution is -2.34. The van der Waals surface area contributed by atoms with Gasteiger partial charge < -0.3 is 10.6 Å². The van der Waals surface area contributed by atoms with E-state index in [4.69, 9.17) is 0 Å². The number of aryl methyl sites for hydroxylation is 1. The lowest BCUT2D eigenvalue weighted by atomic mass is 10.1. The summed E-state index contributed by atoms with van der Waals surface area (Å²) >= 11 is 0. The second-order valence-electron chi connectivity index (χ2n) is 8.67. The molecule has 3 aromatic heterocycles. The van der Waals surface area contributed by atoms with E-state index in [0.29, 0.717) is 17.0 Å². The van der Waals surface area contributed by atoms with E-state index in [1.54, 1.807) is 33.9 Å². The Labute approximate surface area is 186 Å². The van der Waals surface area contributed by atoms with Gasteiger partial charge in [-0.05, 0) is 38.3 Å². The van der Waals surface area contributed by atoms with E-state index in [2.05, 4.69) is 30.7 Å². The molecule has 0 aromatic carbocycles. The summed E-state index contributed by atoms with van der Waals surface area (Å²) in [5, 5.41) is 14.7. The average Bonchev–Trinajstić information content (AvgIpc) is 3.55. The smallest absolute Gasteiger partial charge is 0.256 e. The molecule has 10 heteroatoms. The van der Waals surface area contributed by atoms with Crippen molar-refractivity contribution in [1.82, 2.24) is 34.6 Å². The number of carbonyl (C=O) groups is 2. The Morgan fingerprint density at radius 2 is 2.00 bits per heavy atom. The van der Waals surface area contributed by atoms with Gasteiger partial charge in [-0.2, -0.15) is 10.2 Å². The van der Waals surface area contributed by atoms with Crippen molar-refractivity contribution in [2.24, 2.45) is 7.05 Å². The maximum absolute atomic E-state index is 12.8. The van der Waals surface area contributed by atoms with Crippen LogP contribution >= 0.6 is 0 Å². The van der Waals surface area contributed by atoms with Gasteiger partial charge in [-0.25, -0.2) is 9.50 Å². The van der Waals surface area contributed by atoms with Gasteiger partial charge in [-0.1, -0.05) is 12.8 Å². The van der Waals surface area contributed by atoms with Crippen LogP contribution < -0.4 is 10.6 Å². The minimum Gasteiger partial charge on any atom is -0.349 e. The fraction of sp³-hybridized carbons (Fsp3) is 0.500. The van der Waals surface area contributed by atoms with Crippen LogP contribution in [0, 0.1) is 0 Å². The molecule has 0 spiro atoms. The molecule has 2 N–H and O–H groups in total. The zero-order valence-electron chi connectivity index (χ0n) is 18.2. The Hall–Kier alpha value is -3.27. The van der Waals surface area contributed by atoms with Crippen LogP contribution in [0.2, 0.25) is 0 Å². The third kappa shape index (κ3) is 4.10. The molecule has 2 amide bonds. The molecular formula is C22H28N8O2. The van der Waals surface area contributed by atoms with Gasteiger partial charge in [0.15, 0.2) is 11.5 Å². The van der Waals surface area contributed by atoms with E-state index in [-0.39, 0.29) is 30.4 Å². The summed E-state index contributed by atoms with van der Waals surface area (Å²) in [5.41, 5.74) is 2.00. The molecule has 0 bridgehead atoms. The molecule has 1 atom stereocenters. The molecule has 1 aliphatic carbocycles. The van der Waals surface area contributed by atoms with Crippen molar-refractivity contribution in [2.45, 2.75) is 50.6 Å². The third-order valence-electron chi connectivity index (χ3n) is 6.40. The molecule has 2 fully saturated rings. The zero-order valence-corrected chi connectivity index (χ0v) is 18.2. The summed E-state index contributed by atoms with van der Waals surface area (Å²) in [5.74, 6) is 0.331. The van der Waals surface area contributed by atoms with Crippen LogP contribution in [0.3, 0.4) is 0 Å². The predicted octanol–water partition coefficient (Wildman–Crippen LogP) is 1.91. The number of nitrogens with one attached hydrogen (secondary N) is 2. The second-order valence-corrected chi connectivity index (χ2v) is 8.67. The van der Waals surface area contributed by atoms with Crippen LogP contribution in [0.15, 0.2) is 30.7 Å². The quantitative estimate of drug-likeness (QED) is 0.611. The van der Waals surface area contributed by atoms with E-state index >= 15 is 0 Å². The van der Waals surface area contributed by atoms with E-state index in [0.717, 1.165) is 50.8 Å². The lowest BCUT2D eigenvalue weighted by Gasteiger charge is -2.24. The SMILES string of the molecule is Cn1ccc(NC(=O)CN2CCC[C@H]2c2ccnc3c(C(=O)NC4CCCC4)cnn23)n1. The van der Waals surface area contributed by atoms with Crippen LogP contribution in [0.25, 0.3) is 5.65 Å². The van der Waals surface area contributed by atoms with E-state index in [9.17, 15) is 9.59 Å². The van der Waals surface area contributed by atoms with Gasteiger partial charge in [-0.15, -0.1) is 0 Å². The number of amides is 2. The van der Waals surface area contributed by atoms with E-state index in [1.807, 2.05) is 13.1 Å². The molecule has 32 heavy (non-hydrogen) atoms. The number of hydrogen-bond donors (Lipinski definition) is 2. The fourth-order valence-corrected chi connectivity index (χ4v) is 4.85. The van der Waals surface area contributed by atoms with Crippen LogP contribution in [0.4, 0.5) is 5.82 Å². The van der Waals surface area contributed by atoms with Crippen molar-refractivity contribution < 1.29 is 9.59 Å². The highest BCUT2D eigenvalue weighted by molar-refractivity contribution is 5.99. The molecule has 3 aromatic rings. The lowest BCUT2D eigenvalue weighted by molar-refractivity contribution is -0.117. The highest BCUT2D eigenvalue weighted by atomic mass is 16.2. The number of carbonyl (C=O) groups excluding carboxylic acids is 2. The van der Waals surface area contributed by atoms with Crippen molar-refractivity contribution >= 4 is 23.3 Å². The van der Waals surface area contributed by atoms with Crippen LogP contribution in [-0.4, -0.2) is 60.2 Å². The molecular weight excluding hydrogens is 408 g/mol. The summed E-state index contributed by atoms with van der Waals surface area (Å²) in [6.07, 6.45) is 11.4. The Kier molecular flexibility index (Phi) is 5.60. The highest BCUT2D eigenvalue weighted by Gasteiger charge is 2.31. The van der Waals surface area contributed by atoms with Crippen molar-refractivity contribution in [3.05, 3.63) is 42.0 Å². The van der Waals surface area contributed by atoms with Gasteiger partial charge in [0.25, 0.3) is 5.91 Å². The number of nitrogens with zero attached hydrogens (tertiary/aromatic N) is 6. The molecule has 10 nitrogen and oxygen atoms in total. The summed E-state index contributed by atoms with van der Waals surface area (Å²) in [7, 11) is 1.81. The largest absolute Gasteiger partial charge is 0.349 e. The minimum absolute atomic E-state index is 0.0284. The Morgan fingerprint density at radius 3 is 2.78 bits per heavy atom. The number of rotatable bonds is 6. The number of fused-ring (bicyclic) bond motifs is 1. The average molecular weight is 437 g/mol. The van der Waals surface area contributed by atoms with Crippen LogP contribution in [0.5, 0.6) is 0 Å². The first-order valence-corrected chi connectivity index (χ1v) is 11.3. The maximum Gasteiger partial charge on any atom is 0.256 e. The first-order valence-electron chi connectivity index (χ1n) is 11.3. The molecule has 1 saturated heterocycles. The van der Waals surface area contributed by atoms with Gasteiger partial charge in [0.1, 0.15) is 5.56 Å².